The minimum Gasteiger partial charge on any atom is -0.466 e. The Hall–Kier alpha value is -2.37. The Kier molecular flexibility index (Phi) is 5.46. The third-order valence-corrected chi connectivity index (χ3v) is 2.40. The molecule has 0 aliphatic rings. The second kappa shape index (κ2) is 6.88. The van der Waals surface area contributed by atoms with Crippen LogP contribution in [0.1, 0.15) is 20.8 Å². The van der Waals surface area contributed by atoms with Crippen LogP contribution >= 0.6 is 0 Å². The van der Waals surface area contributed by atoms with Crippen molar-refractivity contribution in [3.05, 3.63) is 36.2 Å². The molecule has 6 nitrogen and oxygen atoms in total. The lowest BCUT2D eigenvalue weighted by atomic mass is 10.1. The minimum atomic E-state index is -0.655. The number of rotatable bonds is 3. The summed E-state index contributed by atoms with van der Waals surface area (Å²) in [6.07, 6.45) is 4.55. The predicted molar refractivity (Wildman–Crippen MR) is 79.1 cm³/mol. The Labute approximate surface area is 124 Å². The lowest BCUT2D eigenvalue weighted by Gasteiger charge is -2.18. The van der Waals surface area contributed by atoms with Crippen LogP contribution in [0.2, 0.25) is 0 Å². The molecule has 0 radical (unpaired) electrons. The standard InChI is InChI=1S/C15H20N2O4/c1-15(2,3)16-13(17-8-6-7-9-17)11(14(19)21-5)10-12(18)20-4/h6-10H,1-5H3. The maximum Gasteiger partial charge on any atom is 0.341 e. The first kappa shape index (κ1) is 16.7. The van der Waals surface area contributed by atoms with Crippen LogP contribution in [0.15, 0.2) is 41.2 Å². The van der Waals surface area contributed by atoms with Crippen LogP contribution in [-0.4, -0.2) is 42.1 Å². The monoisotopic (exact) mass is 292 g/mol. The second-order valence-corrected chi connectivity index (χ2v) is 5.27. The molecule has 0 spiro atoms. The molecule has 6 heteroatoms. The summed E-state index contributed by atoms with van der Waals surface area (Å²) in [5.41, 5.74) is -0.404. The Morgan fingerprint density at radius 1 is 1.10 bits per heavy atom. The van der Waals surface area contributed by atoms with Crippen molar-refractivity contribution in [2.24, 2.45) is 4.99 Å². The molecule has 1 aromatic rings. The normalized spacial score (nSPS) is 13.0. The van der Waals surface area contributed by atoms with E-state index in [1.807, 2.05) is 20.8 Å². The molecule has 0 aliphatic carbocycles. The van der Waals surface area contributed by atoms with E-state index in [1.54, 1.807) is 29.1 Å². The molecule has 21 heavy (non-hydrogen) atoms. The van der Waals surface area contributed by atoms with Gasteiger partial charge in [0, 0.05) is 18.5 Å². The number of carbonyl (C=O) groups is 2. The molecule has 0 N–H and O–H groups in total. The highest BCUT2D eigenvalue weighted by molar-refractivity contribution is 6.22. The van der Waals surface area contributed by atoms with Gasteiger partial charge in [-0.2, -0.15) is 0 Å². The fraction of sp³-hybridized carbons (Fsp3) is 0.400. The molecule has 0 saturated carbocycles. The predicted octanol–water partition coefficient (Wildman–Crippen LogP) is 1.81. The van der Waals surface area contributed by atoms with E-state index in [-0.39, 0.29) is 5.57 Å². The number of esters is 2. The molecular formula is C15H20N2O4. The number of carbonyl (C=O) groups excluding carboxylic acids is 2. The SMILES string of the molecule is COC(=O)C=C(C(=O)OC)C(=NC(C)(C)C)n1cccc1. The number of hydrogen-bond donors (Lipinski definition) is 0. The van der Waals surface area contributed by atoms with E-state index in [9.17, 15) is 9.59 Å². The molecule has 1 aromatic heterocycles. The molecule has 0 aliphatic heterocycles. The van der Waals surface area contributed by atoms with Crippen molar-refractivity contribution in [2.45, 2.75) is 26.3 Å². The van der Waals surface area contributed by atoms with Gasteiger partial charge in [-0.1, -0.05) is 0 Å². The third-order valence-electron chi connectivity index (χ3n) is 2.40. The van der Waals surface area contributed by atoms with Crippen molar-refractivity contribution in [1.82, 2.24) is 4.57 Å². The molecule has 114 valence electrons. The van der Waals surface area contributed by atoms with Gasteiger partial charge in [-0.25, -0.2) is 9.59 Å². The summed E-state index contributed by atoms with van der Waals surface area (Å²) in [5.74, 6) is -0.981. The van der Waals surface area contributed by atoms with Crippen LogP contribution in [0.25, 0.3) is 0 Å². The Balaban J connectivity index is 3.45. The number of methoxy groups -OCH3 is 2. The van der Waals surface area contributed by atoms with E-state index in [2.05, 4.69) is 9.73 Å². The third kappa shape index (κ3) is 4.91. The number of ether oxygens (including phenoxy) is 2. The molecule has 0 fully saturated rings. The average molecular weight is 292 g/mol. The van der Waals surface area contributed by atoms with Gasteiger partial charge < -0.3 is 14.0 Å². The van der Waals surface area contributed by atoms with Gasteiger partial charge in [0.05, 0.1) is 19.8 Å². The van der Waals surface area contributed by atoms with Gasteiger partial charge in [0.2, 0.25) is 0 Å². The van der Waals surface area contributed by atoms with Gasteiger partial charge in [0.15, 0.2) is 0 Å². The van der Waals surface area contributed by atoms with Gasteiger partial charge in [-0.05, 0) is 32.9 Å². The highest BCUT2D eigenvalue weighted by Crippen LogP contribution is 2.14. The van der Waals surface area contributed by atoms with Crippen molar-refractivity contribution in [3.8, 4) is 0 Å². The lowest BCUT2D eigenvalue weighted by molar-refractivity contribution is -0.138. The molecule has 0 bridgehead atoms. The van der Waals surface area contributed by atoms with Gasteiger partial charge in [-0.15, -0.1) is 0 Å². The Morgan fingerprint density at radius 3 is 2.10 bits per heavy atom. The van der Waals surface area contributed by atoms with Gasteiger partial charge in [0.1, 0.15) is 11.4 Å². The quantitative estimate of drug-likeness (QED) is 0.369. The first-order valence-corrected chi connectivity index (χ1v) is 6.40. The van der Waals surface area contributed by atoms with Crippen LogP contribution in [0, 0.1) is 0 Å². The highest BCUT2D eigenvalue weighted by atomic mass is 16.5. The molecule has 1 rings (SSSR count). The van der Waals surface area contributed by atoms with Crippen molar-refractivity contribution < 1.29 is 19.1 Å². The molecule has 0 amide bonds. The van der Waals surface area contributed by atoms with Crippen LogP contribution in [0.5, 0.6) is 0 Å². The van der Waals surface area contributed by atoms with Gasteiger partial charge >= 0.3 is 11.9 Å². The number of aliphatic imine (C=N–C) groups is 1. The fourth-order valence-electron chi connectivity index (χ4n) is 1.55. The summed E-state index contributed by atoms with van der Waals surface area (Å²) in [6, 6.07) is 3.59. The topological polar surface area (TPSA) is 69.9 Å². The summed E-state index contributed by atoms with van der Waals surface area (Å²) >= 11 is 0. The first-order chi connectivity index (χ1) is 9.78. The van der Waals surface area contributed by atoms with Gasteiger partial charge in [-0.3, -0.25) is 4.99 Å². The summed E-state index contributed by atoms with van der Waals surface area (Å²) in [4.78, 5) is 28.0. The summed E-state index contributed by atoms with van der Waals surface area (Å²) < 4.78 is 11.0. The lowest BCUT2D eigenvalue weighted by Crippen LogP contribution is -2.26. The van der Waals surface area contributed by atoms with E-state index in [0.717, 1.165) is 6.08 Å². The van der Waals surface area contributed by atoms with Crippen molar-refractivity contribution >= 4 is 17.8 Å². The van der Waals surface area contributed by atoms with Crippen LogP contribution in [-0.2, 0) is 19.1 Å². The van der Waals surface area contributed by atoms with Crippen molar-refractivity contribution in [3.63, 3.8) is 0 Å². The van der Waals surface area contributed by atoms with E-state index in [1.165, 1.54) is 14.2 Å². The maximum absolute atomic E-state index is 12.0. The molecule has 0 unspecified atom stereocenters. The van der Waals surface area contributed by atoms with E-state index in [4.69, 9.17) is 4.74 Å². The maximum atomic E-state index is 12.0. The summed E-state index contributed by atoms with van der Waals surface area (Å²) in [6.45, 7) is 5.68. The second-order valence-electron chi connectivity index (χ2n) is 5.27. The summed E-state index contributed by atoms with van der Waals surface area (Å²) in [7, 11) is 2.49. The fourth-order valence-corrected chi connectivity index (χ4v) is 1.55. The van der Waals surface area contributed by atoms with E-state index < -0.39 is 17.5 Å². The first-order valence-electron chi connectivity index (χ1n) is 6.40. The van der Waals surface area contributed by atoms with Crippen molar-refractivity contribution in [1.29, 1.82) is 0 Å². The molecular weight excluding hydrogens is 272 g/mol. The van der Waals surface area contributed by atoms with Crippen molar-refractivity contribution in [2.75, 3.05) is 14.2 Å². The number of hydrogen-bond acceptors (Lipinski definition) is 5. The molecule has 0 aromatic carbocycles. The smallest absolute Gasteiger partial charge is 0.341 e. The van der Waals surface area contributed by atoms with E-state index in [0.29, 0.717) is 5.84 Å². The van der Waals surface area contributed by atoms with Crippen LogP contribution < -0.4 is 0 Å². The van der Waals surface area contributed by atoms with Crippen LogP contribution in [0.4, 0.5) is 0 Å². The number of aromatic nitrogens is 1. The minimum absolute atomic E-state index is 0.0375. The largest absolute Gasteiger partial charge is 0.466 e. The van der Waals surface area contributed by atoms with Crippen LogP contribution in [0.3, 0.4) is 0 Å². The summed E-state index contributed by atoms with van der Waals surface area (Å²) in [5, 5.41) is 0. The highest BCUT2D eigenvalue weighted by Gasteiger charge is 2.22. The Morgan fingerprint density at radius 2 is 1.67 bits per heavy atom. The zero-order valence-corrected chi connectivity index (χ0v) is 12.9. The van der Waals surface area contributed by atoms with E-state index >= 15 is 0 Å². The number of nitrogens with zero attached hydrogens (tertiary/aromatic N) is 2. The zero-order valence-electron chi connectivity index (χ0n) is 12.9. The Bertz CT molecular complexity index is 563. The molecule has 0 saturated heterocycles. The average Bonchev–Trinajstić information content (AvgIpc) is 2.94. The molecule has 1 heterocycles. The van der Waals surface area contributed by atoms with Gasteiger partial charge in [0.25, 0.3) is 0 Å². The molecule has 0 atom stereocenters. The zero-order chi connectivity index (χ0) is 16.0.